The zero-order valence-corrected chi connectivity index (χ0v) is 18.4. The summed E-state index contributed by atoms with van der Waals surface area (Å²) in [5.74, 6) is 0.593. The lowest BCUT2D eigenvalue weighted by molar-refractivity contribution is -0.139. The molecule has 1 aliphatic heterocycles. The van der Waals surface area contributed by atoms with E-state index in [0.717, 1.165) is 22.4 Å². The predicted octanol–water partition coefficient (Wildman–Crippen LogP) is 3.67. The fraction of sp³-hybridized carbons (Fsp3) is 0.269. The maximum atomic E-state index is 13.2. The van der Waals surface area contributed by atoms with E-state index in [4.69, 9.17) is 4.74 Å². The highest BCUT2D eigenvalue weighted by Gasteiger charge is 2.37. The molecule has 0 radical (unpaired) electrons. The Kier molecular flexibility index (Phi) is 6.50. The van der Waals surface area contributed by atoms with Crippen LogP contribution in [-0.4, -0.2) is 59.4 Å². The SMILES string of the molecule is CCN1CCN(C(=O)c2ccccn2)C(Cc2ccc(-c3cccc(OC)c3)cc2)C1=O. The van der Waals surface area contributed by atoms with Crippen molar-refractivity contribution in [2.45, 2.75) is 19.4 Å². The van der Waals surface area contributed by atoms with Crippen molar-refractivity contribution in [3.63, 3.8) is 0 Å². The monoisotopic (exact) mass is 429 g/mol. The first kappa shape index (κ1) is 21.6. The van der Waals surface area contributed by atoms with Gasteiger partial charge < -0.3 is 14.5 Å². The summed E-state index contributed by atoms with van der Waals surface area (Å²) in [7, 11) is 1.65. The number of benzene rings is 2. The van der Waals surface area contributed by atoms with Crippen molar-refractivity contribution in [3.05, 3.63) is 84.2 Å². The number of pyridine rings is 1. The second-order valence-corrected chi connectivity index (χ2v) is 7.78. The molecule has 32 heavy (non-hydrogen) atoms. The number of rotatable bonds is 6. The molecule has 0 saturated carbocycles. The van der Waals surface area contributed by atoms with Gasteiger partial charge in [0.1, 0.15) is 17.5 Å². The molecule has 6 nitrogen and oxygen atoms in total. The van der Waals surface area contributed by atoms with Crippen LogP contribution in [0.3, 0.4) is 0 Å². The van der Waals surface area contributed by atoms with Gasteiger partial charge in [-0.15, -0.1) is 0 Å². The van der Waals surface area contributed by atoms with Crippen LogP contribution in [0.2, 0.25) is 0 Å². The third kappa shape index (κ3) is 4.49. The lowest BCUT2D eigenvalue weighted by atomic mass is 9.98. The number of carbonyl (C=O) groups is 2. The van der Waals surface area contributed by atoms with Crippen molar-refractivity contribution in [2.75, 3.05) is 26.7 Å². The molecule has 2 amide bonds. The van der Waals surface area contributed by atoms with Gasteiger partial charge in [-0.1, -0.05) is 42.5 Å². The molecule has 164 valence electrons. The van der Waals surface area contributed by atoms with Crippen LogP contribution >= 0.6 is 0 Å². The summed E-state index contributed by atoms with van der Waals surface area (Å²) in [4.78, 5) is 34.0. The maximum absolute atomic E-state index is 13.2. The zero-order chi connectivity index (χ0) is 22.5. The number of carbonyl (C=O) groups excluding carboxylic acids is 2. The van der Waals surface area contributed by atoms with Crippen LogP contribution in [0.5, 0.6) is 5.75 Å². The molecule has 0 aliphatic carbocycles. The number of ether oxygens (including phenoxy) is 1. The Morgan fingerprint density at radius 1 is 1.03 bits per heavy atom. The molecule has 0 N–H and O–H groups in total. The molecule has 0 spiro atoms. The third-order valence-corrected chi connectivity index (χ3v) is 5.90. The Labute approximate surface area is 188 Å². The normalized spacial score (nSPS) is 16.2. The van der Waals surface area contributed by atoms with E-state index in [1.54, 1.807) is 36.4 Å². The molecule has 2 aromatic carbocycles. The standard InChI is InChI=1S/C26H27N3O3/c1-3-28-15-16-29(25(30)23-9-4-5-14-27-23)24(26(28)31)17-19-10-12-20(13-11-19)21-7-6-8-22(18-21)32-2/h4-14,18,24H,3,15-17H2,1-2H3. The fourth-order valence-electron chi connectivity index (χ4n) is 4.09. The smallest absolute Gasteiger partial charge is 0.273 e. The minimum atomic E-state index is -0.541. The van der Waals surface area contributed by atoms with E-state index < -0.39 is 6.04 Å². The number of piperazine rings is 1. The van der Waals surface area contributed by atoms with E-state index in [2.05, 4.69) is 4.98 Å². The molecular weight excluding hydrogens is 402 g/mol. The highest BCUT2D eigenvalue weighted by molar-refractivity contribution is 5.97. The highest BCUT2D eigenvalue weighted by Crippen LogP contribution is 2.25. The summed E-state index contributed by atoms with van der Waals surface area (Å²) in [6, 6.07) is 20.8. The average molecular weight is 430 g/mol. The number of hydrogen-bond donors (Lipinski definition) is 0. The maximum Gasteiger partial charge on any atom is 0.273 e. The number of nitrogens with zero attached hydrogens (tertiary/aromatic N) is 3. The van der Waals surface area contributed by atoms with Crippen molar-refractivity contribution < 1.29 is 14.3 Å². The van der Waals surface area contributed by atoms with Crippen LogP contribution in [-0.2, 0) is 11.2 Å². The van der Waals surface area contributed by atoms with Gasteiger partial charge in [0.25, 0.3) is 5.91 Å². The van der Waals surface area contributed by atoms with Gasteiger partial charge >= 0.3 is 0 Å². The Balaban J connectivity index is 1.57. The zero-order valence-electron chi connectivity index (χ0n) is 18.4. The van der Waals surface area contributed by atoms with Gasteiger partial charge in [-0.3, -0.25) is 14.6 Å². The Bertz CT molecular complexity index is 1080. The van der Waals surface area contributed by atoms with Gasteiger partial charge in [-0.05, 0) is 47.9 Å². The summed E-state index contributed by atoms with van der Waals surface area (Å²) >= 11 is 0. The minimum Gasteiger partial charge on any atom is -0.497 e. The third-order valence-electron chi connectivity index (χ3n) is 5.90. The molecule has 4 rings (SSSR count). The first-order chi connectivity index (χ1) is 15.6. The molecule has 2 heterocycles. The largest absolute Gasteiger partial charge is 0.497 e. The van der Waals surface area contributed by atoms with Crippen molar-refractivity contribution in [1.29, 1.82) is 0 Å². The summed E-state index contributed by atoms with van der Waals surface area (Å²) in [6.45, 7) is 3.64. The lowest BCUT2D eigenvalue weighted by Gasteiger charge is -2.40. The van der Waals surface area contributed by atoms with Crippen LogP contribution in [0.1, 0.15) is 23.0 Å². The molecule has 6 heteroatoms. The van der Waals surface area contributed by atoms with Crippen molar-refractivity contribution in [1.82, 2.24) is 14.8 Å². The lowest BCUT2D eigenvalue weighted by Crippen LogP contribution is -2.59. The summed E-state index contributed by atoms with van der Waals surface area (Å²) in [5, 5.41) is 0. The second kappa shape index (κ2) is 9.64. The van der Waals surface area contributed by atoms with Crippen molar-refractivity contribution in [2.24, 2.45) is 0 Å². The van der Waals surface area contributed by atoms with Gasteiger partial charge in [0.05, 0.1) is 7.11 Å². The first-order valence-electron chi connectivity index (χ1n) is 10.8. The number of likely N-dealkylation sites (N-methyl/N-ethyl adjacent to an activating group) is 1. The van der Waals surface area contributed by atoms with Crippen LogP contribution in [0.15, 0.2) is 72.9 Å². The van der Waals surface area contributed by atoms with Crippen molar-refractivity contribution >= 4 is 11.8 Å². The highest BCUT2D eigenvalue weighted by atomic mass is 16.5. The quantitative estimate of drug-likeness (QED) is 0.600. The van der Waals surface area contributed by atoms with Crippen LogP contribution in [0.25, 0.3) is 11.1 Å². The topological polar surface area (TPSA) is 62.7 Å². The number of methoxy groups -OCH3 is 1. The van der Waals surface area contributed by atoms with Gasteiger partial charge in [-0.2, -0.15) is 0 Å². The van der Waals surface area contributed by atoms with E-state index in [-0.39, 0.29) is 11.8 Å². The molecule has 1 aliphatic rings. The number of hydrogen-bond acceptors (Lipinski definition) is 4. The summed E-state index contributed by atoms with van der Waals surface area (Å²) in [6.07, 6.45) is 2.07. The van der Waals surface area contributed by atoms with Crippen LogP contribution in [0.4, 0.5) is 0 Å². The van der Waals surface area contributed by atoms with E-state index in [9.17, 15) is 9.59 Å². The molecule has 3 aromatic rings. The molecule has 1 fully saturated rings. The Hall–Kier alpha value is -3.67. The van der Waals surface area contributed by atoms with E-state index in [1.165, 1.54) is 0 Å². The van der Waals surface area contributed by atoms with E-state index >= 15 is 0 Å². The molecule has 1 atom stereocenters. The summed E-state index contributed by atoms with van der Waals surface area (Å²) < 4.78 is 5.32. The number of aromatic nitrogens is 1. The van der Waals surface area contributed by atoms with Crippen molar-refractivity contribution in [3.8, 4) is 16.9 Å². The van der Waals surface area contributed by atoms with Gasteiger partial charge in [0.15, 0.2) is 0 Å². The van der Waals surface area contributed by atoms with E-state index in [0.29, 0.717) is 31.7 Å². The van der Waals surface area contributed by atoms with Gasteiger partial charge in [0.2, 0.25) is 5.91 Å². The summed E-state index contributed by atoms with van der Waals surface area (Å²) in [5.41, 5.74) is 3.50. The fourth-order valence-corrected chi connectivity index (χ4v) is 4.09. The van der Waals surface area contributed by atoms with Gasteiger partial charge in [0, 0.05) is 32.3 Å². The predicted molar refractivity (Wildman–Crippen MR) is 123 cm³/mol. The van der Waals surface area contributed by atoms with Crippen LogP contribution in [0, 0.1) is 0 Å². The van der Waals surface area contributed by atoms with Gasteiger partial charge in [-0.25, -0.2) is 0 Å². The van der Waals surface area contributed by atoms with Crippen LogP contribution < -0.4 is 4.74 Å². The number of amides is 2. The molecule has 1 aromatic heterocycles. The Morgan fingerprint density at radius 3 is 2.53 bits per heavy atom. The minimum absolute atomic E-state index is 0.0140. The average Bonchev–Trinajstić information content (AvgIpc) is 2.86. The Morgan fingerprint density at radius 2 is 1.84 bits per heavy atom. The molecular formula is C26H27N3O3. The second-order valence-electron chi connectivity index (χ2n) is 7.78. The first-order valence-corrected chi connectivity index (χ1v) is 10.8. The van der Waals surface area contributed by atoms with E-state index in [1.807, 2.05) is 60.4 Å². The molecule has 0 bridgehead atoms. The molecule has 1 saturated heterocycles. The molecule has 1 unspecified atom stereocenters.